The zero-order chi connectivity index (χ0) is 20.1. The third-order valence-corrected chi connectivity index (χ3v) is 6.04. The first-order valence-corrected chi connectivity index (χ1v) is 10.3. The number of nitrogens with one attached hydrogen (secondary N) is 1. The van der Waals surface area contributed by atoms with E-state index in [2.05, 4.69) is 5.32 Å². The predicted molar refractivity (Wildman–Crippen MR) is 108 cm³/mol. The molecule has 0 radical (unpaired) electrons. The van der Waals surface area contributed by atoms with Crippen LogP contribution in [0.1, 0.15) is 11.3 Å². The molecule has 0 saturated heterocycles. The van der Waals surface area contributed by atoms with Crippen molar-refractivity contribution in [1.82, 2.24) is 4.31 Å². The summed E-state index contributed by atoms with van der Waals surface area (Å²) in [6.45, 7) is 1.44. The molecule has 0 aliphatic carbocycles. The normalized spacial score (nSPS) is 11.5. The fourth-order valence-corrected chi connectivity index (χ4v) is 4.14. The van der Waals surface area contributed by atoms with Crippen LogP contribution in [0.25, 0.3) is 0 Å². The highest BCUT2D eigenvalue weighted by Gasteiger charge is 2.27. The molecule has 0 bridgehead atoms. The predicted octanol–water partition coefficient (Wildman–Crippen LogP) is 4.07. The Morgan fingerprint density at radius 3 is 2.50 bits per heavy atom. The summed E-state index contributed by atoms with van der Waals surface area (Å²) in [5.74, 6) is -0.0456. The molecule has 1 N–H and O–H groups in total. The molecular formula is C20H19ClN2O4S. The largest absolute Gasteiger partial charge is 0.468 e. The van der Waals surface area contributed by atoms with Gasteiger partial charge < -0.3 is 9.73 Å². The zero-order valence-corrected chi connectivity index (χ0v) is 16.7. The van der Waals surface area contributed by atoms with Gasteiger partial charge in [-0.2, -0.15) is 4.31 Å². The Morgan fingerprint density at radius 1 is 1.11 bits per heavy atom. The first kappa shape index (κ1) is 20.1. The number of anilines is 1. The molecule has 28 heavy (non-hydrogen) atoms. The average molecular weight is 419 g/mol. The molecule has 3 rings (SSSR count). The molecule has 0 aliphatic rings. The number of rotatable bonds is 7. The Morgan fingerprint density at radius 2 is 1.86 bits per heavy atom. The molecule has 1 aromatic heterocycles. The number of nitrogens with zero attached hydrogens (tertiary/aromatic N) is 1. The minimum atomic E-state index is -3.90. The Kier molecular flexibility index (Phi) is 6.18. The SMILES string of the molecule is Cc1ccc(S(=O)(=O)N(CC(=O)Nc2cccc(Cl)c2)Cc2ccco2)cc1. The van der Waals surface area contributed by atoms with Gasteiger partial charge >= 0.3 is 0 Å². The zero-order valence-electron chi connectivity index (χ0n) is 15.1. The van der Waals surface area contributed by atoms with Gasteiger partial charge in [0.1, 0.15) is 5.76 Å². The third kappa shape index (κ3) is 5.01. The second kappa shape index (κ2) is 8.60. The number of amides is 1. The summed E-state index contributed by atoms with van der Waals surface area (Å²) < 4.78 is 32.5. The minimum absolute atomic E-state index is 0.0633. The number of benzene rings is 2. The number of sulfonamides is 1. The van der Waals surface area contributed by atoms with Gasteiger partial charge in [0.15, 0.2) is 0 Å². The topological polar surface area (TPSA) is 79.6 Å². The van der Waals surface area contributed by atoms with Crippen LogP contribution in [0.5, 0.6) is 0 Å². The van der Waals surface area contributed by atoms with E-state index < -0.39 is 15.9 Å². The van der Waals surface area contributed by atoms with Crippen molar-refractivity contribution >= 4 is 33.2 Å². The number of furan rings is 1. The van der Waals surface area contributed by atoms with E-state index in [1.54, 1.807) is 48.5 Å². The van der Waals surface area contributed by atoms with E-state index in [-0.39, 0.29) is 18.0 Å². The maximum Gasteiger partial charge on any atom is 0.243 e. The van der Waals surface area contributed by atoms with Gasteiger partial charge in [-0.3, -0.25) is 4.79 Å². The highest BCUT2D eigenvalue weighted by molar-refractivity contribution is 7.89. The molecule has 0 fully saturated rings. The average Bonchev–Trinajstić information content (AvgIpc) is 3.14. The first-order chi connectivity index (χ1) is 13.3. The van der Waals surface area contributed by atoms with Crippen LogP contribution in [-0.4, -0.2) is 25.2 Å². The number of carbonyl (C=O) groups is 1. The van der Waals surface area contributed by atoms with Crippen molar-refractivity contribution in [1.29, 1.82) is 0 Å². The van der Waals surface area contributed by atoms with Crippen molar-refractivity contribution in [3.63, 3.8) is 0 Å². The highest BCUT2D eigenvalue weighted by Crippen LogP contribution is 2.20. The number of hydrogen-bond acceptors (Lipinski definition) is 4. The Balaban J connectivity index is 1.84. The third-order valence-electron chi connectivity index (χ3n) is 4.00. The monoisotopic (exact) mass is 418 g/mol. The van der Waals surface area contributed by atoms with Crippen molar-refractivity contribution < 1.29 is 17.6 Å². The van der Waals surface area contributed by atoms with Crippen LogP contribution in [-0.2, 0) is 21.4 Å². The Bertz CT molecular complexity index is 1050. The van der Waals surface area contributed by atoms with Gasteiger partial charge in [-0.05, 0) is 49.4 Å². The number of aryl methyl sites for hydroxylation is 1. The molecular weight excluding hydrogens is 400 g/mol. The minimum Gasteiger partial charge on any atom is -0.468 e. The Labute approximate surface area is 168 Å². The maximum atomic E-state index is 13.1. The summed E-state index contributed by atoms with van der Waals surface area (Å²) >= 11 is 5.92. The molecule has 8 heteroatoms. The lowest BCUT2D eigenvalue weighted by Crippen LogP contribution is -2.37. The second-order valence-corrected chi connectivity index (χ2v) is 8.60. The fourth-order valence-electron chi connectivity index (χ4n) is 2.59. The molecule has 6 nitrogen and oxygen atoms in total. The van der Waals surface area contributed by atoms with Crippen molar-refractivity contribution in [2.75, 3.05) is 11.9 Å². The van der Waals surface area contributed by atoms with E-state index in [1.165, 1.54) is 18.4 Å². The molecule has 1 heterocycles. The second-order valence-electron chi connectivity index (χ2n) is 6.22. The van der Waals surface area contributed by atoms with Crippen LogP contribution in [0.3, 0.4) is 0 Å². The van der Waals surface area contributed by atoms with Crippen molar-refractivity contribution in [3.8, 4) is 0 Å². The molecule has 1 amide bonds. The van der Waals surface area contributed by atoms with E-state index in [4.69, 9.17) is 16.0 Å². The van der Waals surface area contributed by atoms with Gasteiger partial charge in [0.2, 0.25) is 15.9 Å². The van der Waals surface area contributed by atoms with Gasteiger partial charge in [0, 0.05) is 10.7 Å². The summed E-state index contributed by atoms with van der Waals surface area (Å²) in [5, 5.41) is 3.14. The lowest BCUT2D eigenvalue weighted by molar-refractivity contribution is -0.116. The molecule has 0 unspecified atom stereocenters. The van der Waals surface area contributed by atoms with Crippen molar-refractivity contribution in [2.45, 2.75) is 18.4 Å². The lowest BCUT2D eigenvalue weighted by Gasteiger charge is -2.21. The van der Waals surface area contributed by atoms with Crippen molar-refractivity contribution in [2.24, 2.45) is 0 Å². The molecule has 146 valence electrons. The summed E-state index contributed by atoms with van der Waals surface area (Å²) in [5.41, 5.74) is 1.43. The summed E-state index contributed by atoms with van der Waals surface area (Å²) in [6.07, 6.45) is 1.46. The lowest BCUT2D eigenvalue weighted by atomic mass is 10.2. The van der Waals surface area contributed by atoms with E-state index in [0.29, 0.717) is 16.5 Å². The fraction of sp³-hybridized carbons (Fsp3) is 0.150. The smallest absolute Gasteiger partial charge is 0.243 e. The Hall–Kier alpha value is -2.61. The van der Waals surface area contributed by atoms with Gasteiger partial charge in [-0.25, -0.2) is 8.42 Å². The van der Waals surface area contributed by atoms with Crippen LogP contribution < -0.4 is 5.32 Å². The van der Waals surface area contributed by atoms with Crippen LogP contribution in [0, 0.1) is 6.92 Å². The number of halogens is 1. The first-order valence-electron chi connectivity index (χ1n) is 8.49. The standard InChI is InChI=1S/C20H19ClN2O4S/c1-15-7-9-19(10-8-15)28(25,26)23(13-18-6-3-11-27-18)14-20(24)22-17-5-2-4-16(21)12-17/h2-12H,13-14H2,1H3,(H,22,24). The van der Waals surface area contributed by atoms with Gasteiger partial charge in [0.25, 0.3) is 0 Å². The van der Waals surface area contributed by atoms with Gasteiger partial charge in [-0.15, -0.1) is 0 Å². The maximum absolute atomic E-state index is 13.1. The van der Waals surface area contributed by atoms with Crippen LogP contribution in [0.4, 0.5) is 5.69 Å². The van der Waals surface area contributed by atoms with E-state index in [0.717, 1.165) is 9.87 Å². The molecule has 3 aromatic rings. The van der Waals surface area contributed by atoms with E-state index in [9.17, 15) is 13.2 Å². The van der Waals surface area contributed by atoms with Gasteiger partial charge in [-0.1, -0.05) is 35.4 Å². The highest BCUT2D eigenvalue weighted by atomic mass is 35.5. The summed E-state index contributed by atoms with van der Waals surface area (Å²) in [6, 6.07) is 16.4. The molecule has 0 aliphatic heterocycles. The molecule has 0 spiro atoms. The molecule has 0 saturated carbocycles. The quantitative estimate of drug-likeness (QED) is 0.627. The van der Waals surface area contributed by atoms with Crippen LogP contribution in [0.15, 0.2) is 76.2 Å². The van der Waals surface area contributed by atoms with E-state index in [1.807, 2.05) is 6.92 Å². The number of hydrogen-bond donors (Lipinski definition) is 1. The molecule has 0 atom stereocenters. The summed E-state index contributed by atoms with van der Waals surface area (Å²) in [7, 11) is -3.90. The number of carbonyl (C=O) groups excluding carboxylic acids is 1. The molecule has 2 aromatic carbocycles. The van der Waals surface area contributed by atoms with Crippen LogP contribution in [0.2, 0.25) is 5.02 Å². The van der Waals surface area contributed by atoms with Crippen molar-refractivity contribution in [3.05, 3.63) is 83.3 Å². The summed E-state index contributed by atoms with van der Waals surface area (Å²) in [4.78, 5) is 12.6. The van der Waals surface area contributed by atoms with Crippen LogP contribution >= 0.6 is 11.6 Å². The van der Waals surface area contributed by atoms with E-state index >= 15 is 0 Å². The van der Waals surface area contributed by atoms with Gasteiger partial charge in [0.05, 0.1) is 24.2 Å².